The monoisotopic (exact) mass is 367 g/mol. The van der Waals surface area contributed by atoms with Gasteiger partial charge in [0.1, 0.15) is 0 Å². The maximum atomic E-state index is 12.8. The molecule has 0 heterocycles. The molecule has 0 unspecified atom stereocenters. The van der Waals surface area contributed by atoms with Crippen molar-refractivity contribution in [2.45, 2.75) is 26.1 Å². The van der Waals surface area contributed by atoms with E-state index < -0.39 is 23.7 Å². The van der Waals surface area contributed by atoms with Crippen LogP contribution in [-0.2, 0) is 11.0 Å². The van der Waals surface area contributed by atoms with Crippen molar-refractivity contribution in [1.82, 2.24) is 5.32 Å². The van der Waals surface area contributed by atoms with Crippen molar-refractivity contribution in [3.63, 3.8) is 0 Å². The number of benzene rings is 2. The maximum absolute atomic E-state index is 12.8. The Morgan fingerprint density at radius 1 is 1.08 bits per heavy atom. The molecule has 0 saturated heterocycles. The minimum absolute atomic E-state index is 0.270. The molecular formula is C19H20F3NO3. The molecule has 0 saturated carbocycles. The van der Waals surface area contributed by atoms with Crippen LogP contribution in [0, 0.1) is 0 Å². The summed E-state index contributed by atoms with van der Waals surface area (Å²) in [5.41, 5.74) is -0.388. The van der Waals surface area contributed by atoms with Gasteiger partial charge in [0.2, 0.25) is 0 Å². The summed E-state index contributed by atoms with van der Waals surface area (Å²) >= 11 is 0. The molecule has 0 bridgehead atoms. The third kappa shape index (κ3) is 5.40. The number of nitrogens with one attached hydrogen (secondary N) is 1. The first-order valence-electron chi connectivity index (χ1n) is 8.12. The van der Waals surface area contributed by atoms with Gasteiger partial charge in [0.05, 0.1) is 18.2 Å². The standard InChI is InChI=1S/C19H20F3NO3/c1-3-25-16-9-4-5-10-17(16)26-12-18(24)23-13(2)14-7-6-8-15(11-14)19(20,21)22/h4-11,13H,3,12H2,1-2H3,(H,23,24)/t13-/m0/s1. The van der Waals surface area contributed by atoms with Gasteiger partial charge in [-0.1, -0.05) is 24.3 Å². The van der Waals surface area contributed by atoms with Gasteiger partial charge in [-0.15, -0.1) is 0 Å². The fraction of sp³-hybridized carbons (Fsp3) is 0.316. The molecule has 0 radical (unpaired) electrons. The third-order valence-corrected chi connectivity index (χ3v) is 3.60. The number of hydrogen-bond acceptors (Lipinski definition) is 3. The molecular weight excluding hydrogens is 347 g/mol. The Morgan fingerprint density at radius 2 is 1.73 bits per heavy atom. The number of rotatable bonds is 7. The molecule has 1 N–H and O–H groups in total. The molecule has 1 amide bonds. The van der Waals surface area contributed by atoms with Crippen LogP contribution in [0.15, 0.2) is 48.5 Å². The van der Waals surface area contributed by atoms with E-state index in [1.807, 2.05) is 6.92 Å². The average Bonchev–Trinajstić information content (AvgIpc) is 2.60. The number of amides is 1. The number of halogens is 3. The van der Waals surface area contributed by atoms with Gasteiger partial charge >= 0.3 is 6.18 Å². The second-order valence-electron chi connectivity index (χ2n) is 5.58. The minimum atomic E-state index is -4.42. The summed E-state index contributed by atoms with van der Waals surface area (Å²) in [6.07, 6.45) is -4.42. The fourth-order valence-electron chi connectivity index (χ4n) is 2.34. The van der Waals surface area contributed by atoms with Crippen LogP contribution >= 0.6 is 0 Å². The number of carbonyl (C=O) groups excluding carboxylic acids is 1. The van der Waals surface area contributed by atoms with Crippen LogP contribution in [0.1, 0.15) is 31.0 Å². The third-order valence-electron chi connectivity index (χ3n) is 3.60. The van der Waals surface area contributed by atoms with Crippen LogP contribution in [-0.4, -0.2) is 19.1 Å². The van der Waals surface area contributed by atoms with Crippen LogP contribution < -0.4 is 14.8 Å². The van der Waals surface area contributed by atoms with Crippen molar-refractivity contribution >= 4 is 5.91 Å². The average molecular weight is 367 g/mol. The van der Waals surface area contributed by atoms with Crippen LogP contribution in [0.4, 0.5) is 13.2 Å². The highest BCUT2D eigenvalue weighted by Gasteiger charge is 2.30. The van der Waals surface area contributed by atoms with E-state index >= 15 is 0 Å². The van der Waals surface area contributed by atoms with Crippen molar-refractivity contribution < 1.29 is 27.4 Å². The Labute approximate surface area is 149 Å². The number of para-hydroxylation sites is 2. The van der Waals surface area contributed by atoms with Crippen molar-refractivity contribution in [3.05, 3.63) is 59.7 Å². The van der Waals surface area contributed by atoms with Gasteiger partial charge in [-0.2, -0.15) is 13.2 Å². The summed E-state index contributed by atoms with van der Waals surface area (Å²) in [5.74, 6) is 0.506. The zero-order chi connectivity index (χ0) is 19.2. The van der Waals surface area contributed by atoms with Crippen molar-refractivity contribution in [2.75, 3.05) is 13.2 Å². The van der Waals surface area contributed by atoms with E-state index in [0.29, 0.717) is 23.7 Å². The van der Waals surface area contributed by atoms with E-state index in [2.05, 4.69) is 5.32 Å². The Kier molecular flexibility index (Phi) is 6.49. The minimum Gasteiger partial charge on any atom is -0.490 e. The summed E-state index contributed by atoms with van der Waals surface area (Å²) in [7, 11) is 0. The van der Waals surface area contributed by atoms with Gasteiger partial charge in [0, 0.05) is 0 Å². The van der Waals surface area contributed by atoms with Crippen molar-refractivity contribution in [3.8, 4) is 11.5 Å². The normalized spacial score (nSPS) is 12.3. The quantitative estimate of drug-likeness (QED) is 0.791. The lowest BCUT2D eigenvalue weighted by atomic mass is 10.0. The summed E-state index contributed by atoms with van der Waals surface area (Å²) < 4.78 is 49.2. The molecule has 0 aromatic heterocycles. The first kappa shape index (κ1) is 19.6. The fourth-order valence-corrected chi connectivity index (χ4v) is 2.34. The SMILES string of the molecule is CCOc1ccccc1OCC(=O)N[C@@H](C)c1cccc(C(F)(F)F)c1. The van der Waals surface area contributed by atoms with E-state index in [-0.39, 0.29) is 6.61 Å². The summed E-state index contributed by atoms with van der Waals surface area (Å²) in [5, 5.41) is 2.62. The first-order chi connectivity index (χ1) is 12.3. The molecule has 0 spiro atoms. The van der Waals surface area contributed by atoms with Crippen molar-refractivity contribution in [2.24, 2.45) is 0 Å². The molecule has 0 aliphatic carbocycles. The molecule has 4 nitrogen and oxygen atoms in total. The Balaban J connectivity index is 1.96. The summed E-state index contributed by atoms with van der Waals surface area (Å²) in [6, 6.07) is 11.2. The molecule has 26 heavy (non-hydrogen) atoms. The highest BCUT2D eigenvalue weighted by Crippen LogP contribution is 2.30. The highest BCUT2D eigenvalue weighted by atomic mass is 19.4. The van der Waals surface area contributed by atoms with Crippen LogP contribution in [0.2, 0.25) is 0 Å². The number of alkyl halides is 3. The van der Waals surface area contributed by atoms with Crippen molar-refractivity contribution in [1.29, 1.82) is 0 Å². The first-order valence-corrected chi connectivity index (χ1v) is 8.12. The number of carbonyl (C=O) groups is 1. The zero-order valence-electron chi connectivity index (χ0n) is 14.5. The van der Waals surface area contributed by atoms with E-state index in [9.17, 15) is 18.0 Å². The van der Waals surface area contributed by atoms with E-state index in [4.69, 9.17) is 9.47 Å². The van der Waals surface area contributed by atoms with Gasteiger partial charge < -0.3 is 14.8 Å². The van der Waals surface area contributed by atoms with Crippen LogP contribution in [0.5, 0.6) is 11.5 Å². The molecule has 2 aromatic rings. The van der Waals surface area contributed by atoms with Gasteiger partial charge in [-0.05, 0) is 43.7 Å². The lowest BCUT2D eigenvalue weighted by molar-refractivity contribution is -0.137. The Bertz CT molecular complexity index is 747. The van der Waals surface area contributed by atoms with E-state index in [1.165, 1.54) is 12.1 Å². The molecule has 0 fully saturated rings. The van der Waals surface area contributed by atoms with E-state index in [0.717, 1.165) is 12.1 Å². The molecule has 0 aliphatic heterocycles. The van der Waals surface area contributed by atoms with Gasteiger partial charge in [-0.3, -0.25) is 4.79 Å². The van der Waals surface area contributed by atoms with Gasteiger partial charge in [0.25, 0.3) is 5.91 Å². The zero-order valence-corrected chi connectivity index (χ0v) is 14.5. The lowest BCUT2D eigenvalue weighted by Crippen LogP contribution is -2.31. The predicted molar refractivity (Wildman–Crippen MR) is 91.1 cm³/mol. The molecule has 140 valence electrons. The van der Waals surface area contributed by atoms with Crippen LogP contribution in [0.25, 0.3) is 0 Å². The molecule has 0 aliphatic rings. The summed E-state index contributed by atoms with van der Waals surface area (Å²) in [4.78, 5) is 12.1. The Hall–Kier alpha value is -2.70. The number of hydrogen-bond donors (Lipinski definition) is 1. The van der Waals surface area contributed by atoms with Gasteiger partial charge in [-0.25, -0.2) is 0 Å². The highest BCUT2D eigenvalue weighted by molar-refractivity contribution is 5.78. The van der Waals surface area contributed by atoms with E-state index in [1.54, 1.807) is 31.2 Å². The largest absolute Gasteiger partial charge is 0.490 e. The number of ether oxygens (including phenoxy) is 2. The molecule has 7 heteroatoms. The predicted octanol–water partition coefficient (Wildman–Crippen LogP) is 4.36. The topological polar surface area (TPSA) is 47.6 Å². The molecule has 2 aromatic carbocycles. The lowest BCUT2D eigenvalue weighted by Gasteiger charge is -2.17. The Morgan fingerprint density at radius 3 is 2.35 bits per heavy atom. The van der Waals surface area contributed by atoms with Gasteiger partial charge in [0.15, 0.2) is 18.1 Å². The second kappa shape index (κ2) is 8.60. The molecule has 1 atom stereocenters. The second-order valence-corrected chi connectivity index (χ2v) is 5.58. The molecule has 2 rings (SSSR count). The maximum Gasteiger partial charge on any atom is 0.416 e. The van der Waals surface area contributed by atoms with Crippen LogP contribution in [0.3, 0.4) is 0 Å². The summed E-state index contributed by atoms with van der Waals surface area (Å²) in [6.45, 7) is 3.63. The smallest absolute Gasteiger partial charge is 0.416 e.